The molecule has 0 radical (unpaired) electrons. The summed E-state index contributed by atoms with van der Waals surface area (Å²) in [5.41, 5.74) is 2.14. The fourth-order valence-corrected chi connectivity index (χ4v) is 1.75. The molecule has 2 heterocycles. The quantitative estimate of drug-likeness (QED) is 0.785. The lowest BCUT2D eigenvalue weighted by Gasteiger charge is -2.05. The fraction of sp³-hybridized carbons (Fsp3) is 0. The number of amides is 1. The summed E-state index contributed by atoms with van der Waals surface area (Å²) < 4.78 is 1.63. The highest BCUT2D eigenvalue weighted by atomic mass is 16.1. The molecule has 0 fully saturated rings. The molecule has 0 aliphatic heterocycles. The second kappa shape index (κ2) is 5.31. The number of carbonyl (C=O) groups excluding carboxylic acids is 1. The molecule has 6 heteroatoms. The summed E-state index contributed by atoms with van der Waals surface area (Å²) in [4.78, 5) is 19.8. The van der Waals surface area contributed by atoms with Crippen LogP contribution in [-0.2, 0) is 0 Å². The summed E-state index contributed by atoms with van der Waals surface area (Å²) in [5.74, 6) is -0.165. The van der Waals surface area contributed by atoms with Crippen molar-refractivity contribution in [3.05, 3.63) is 67.0 Å². The summed E-state index contributed by atoms with van der Waals surface area (Å²) >= 11 is 0. The van der Waals surface area contributed by atoms with E-state index in [2.05, 4.69) is 20.4 Å². The standard InChI is InChI=1S/C14H11N5O/c20-14(18-12-5-7-15-8-6-12)11-1-3-13(4-2-11)19-10-16-9-17-19/h1-10H,(H,15,18,20). The third kappa shape index (κ3) is 2.54. The Morgan fingerprint density at radius 3 is 2.40 bits per heavy atom. The molecule has 0 aliphatic rings. The number of pyridine rings is 1. The summed E-state index contributed by atoms with van der Waals surface area (Å²) in [6.45, 7) is 0. The maximum Gasteiger partial charge on any atom is 0.255 e. The number of aromatic nitrogens is 4. The maximum absolute atomic E-state index is 12.0. The SMILES string of the molecule is O=C(Nc1ccncc1)c1ccc(-n2cncn2)cc1. The van der Waals surface area contributed by atoms with Gasteiger partial charge in [0.1, 0.15) is 12.7 Å². The monoisotopic (exact) mass is 265 g/mol. The molecule has 0 bridgehead atoms. The Labute approximate surface area is 115 Å². The average molecular weight is 265 g/mol. The van der Waals surface area contributed by atoms with Crippen LogP contribution in [0.4, 0.5) is 5.69 Å². The lowest BCUT2D eigenvalue weighted by Crippen LogP contribution is -2.11. The van der Waals surface area contributed by atoms with E-state index in [1.54, 1.807) is 47.7 Å². The van der Waals surface area contributed by atoms with E-state index in [0.717, 1.165) is 5.69 Å². The second-order valence-electron chi connectivity index (χ2n) is 4.08. The van der Waals surface area contributed by atoms with Crippen LogP contribution in [0, 0.1) is 0 Å². The number of nitrogens with zero attached hydrogens (tertiary/aromatic N) is 4. The van der Waals surface area contributed by atoms with E-state index in [-0.39, 0.29) is 5.91 Å². The molecule has 3 aromatic rings. The van der Waals surface area contributed by atoms with Crippen LogP contribution >= 0.6 is 0 Å². The van der Waals surface area contributed by atoms with Crippen LogP contribution in [0.15, 0.2) is 61.4 Å². The number of carbonyl (C=O) groups is 1. The Balaban J connectivity index is 1.76. The molecule has 0 saturated carbocycles. The van der Waals surface area contributed by atoms with Crippen molar-refractivity contribution in [3.8, 4) is 5.69 Å². The van der Waals surface area contributed by atoms with Crippen molar-refractivity contribution >= 4 is 11.6 Å². The van der Waals surface area contributed by atoms with Crippen molar-refractivity contribution in [1.29, 1.82) is 0 Å². The number of benzene rings is 1. The minimum Gasteiger partial charge on any atom is -0.322 e. The van der Waals surface area contributed by atoms with E-state index in [0.29, 0.717) is 11.3 Å². The van der Waals surface area contributed by atoms with Crippen molar-refractivity contribution in [3.63, 3.8) is 0 Å². The van der Waals surface area contributed by atoms with Gasteiger partial charge in [0.15, 0.2) is 0 Å². The topological polar surface area (TPSA) is 72.7 Å². The van der Waals surface area contributed by atoms with E-state index in [1.165, 1.54) is 6.33 Å². The van der Waals surface area contributed by atoms with Crippen molar-refractivity contribution < 1.29 is 4.79 Å². The van der Waals surface area contributed by atoms with E-state index < -0.39 is 0 Å². The van der Waals surface area contributed by atoms with Crippen molar-refractivity contribution in [2.75, 3.05) is 5.32 Å². The first-order chi connectivity index (χ1) is 9.83. The predicted octanol–water partition coefficient (Wildman–Crippen LogP) is 1.91. The minimum atomic E-state index is -0.165. The van der Waals surface area contributed by atoms with Crippen LogP contribution in [0.2, 0.25) is 0 Å². The van der Waals surface area contributed by atoms with Crippen LogP contribution in [0.5, 0.6) is 0 Å². The molecule has 0 atom stereocenters. The Morgan fingerprint density at radius 2 is 1.75 bits per heavy atom. The number of nitrogens with one attached hydrogen (secondary N) is 1. The smallest absolute Gasteiger partial charge is 0.255 e. The summed E-state index contributed by atoms with van der Waals surface area (Å²) in [6, 6.07) is 10.6. The zero-order valence-corrected chi connectivity index (χ0v) is 10.5. The van der Waals surface area contributed by atoms with Crippen LogP contribution in [0.1, 0.15) is 10.4 Å². The first-order valence-electron chi connectivity index (χ1n) is 5.99. The molecule has 1 aromatic carbocycles. The number of rotatable bonds is 3. The minimum absolute atomic E-state index is 0.165. The van der Waals surface area contributed by atoms with Gasteiger partial charge >= 0.3 is 0 Å². The van der Waals surface area contributed by atoms with Gasteiger partial charge in [0.25, 0.3) is 5.91 Å². The molecule has 0 aliphatic carbocycles. The number of anilines is 1. The molecule has 2 aromatic heterocycles. The molecular formula is C14H11N5O. The maximum atomic E-state index is 12.0. The molecule has 0 saturated heterocycles. The molecule has 0 unspecified atom stereocenters. The fourth-order valence-electron chi connectivity index (χ4n) is 1.75. The predicted molar refractivity (Wildman–Crippen MR) is 73.5 cm³/mol. The Morgan fingerprint density at radius 1 is 1.00 bits per heavy atom. The third-order valence-corrected chi connectivity index (χ3v) is 2.75. The summed E-state index contributed by atoms with van der Waals surface area (Å²) in [5, 5.41) is 6.83. The lowest BCUT2D eigenvalue weighted by molar-refractivity contribution is 0.102. The first kappa shape index (κ1) is 12.0. The molecule has 20 heavy (non-hydrogen) atoms. The van der Waals surface area contributed by atoms with E-state index in [9.17, 15) is 4.79 Å². The normalized spacial score (nSPS) is 10.2. The van der Waals surface area contributed by atoms with Crippen molar-refractivity contribution in [2.24, 2.45) is 0 Å². The van der Waals surface area contributed by atoms with E-state index in [4.69, 9.17) is 0 Å². The zero-order valence-electron chi connectivity index (χ0n) is 10.5. The zero-order chi connectivity index (χ0) is 13.8. The highest BCUT2D eigenvalue weighted by Crippen LogP contribution is 2.11. The van der Waals surface area contributed by atoms with Crippen molar-refractivity contribution in [1.82, 2.24) is 19.7 Å². The molecule has 3 rings (SSSR count). The van der Waals surface area contributed by atoms with Crippen LogP contribution in [-0.4, -0.2) is 25.7 Å². The van der Waals surface area contributed by atoms with E-state index >= 15 is 0 Å². The van der Waals surface area contributed by atoms with Gasteiger partial charge in [0, 0.05) is 23.6 Å². The van der Waals surface area contributed by atoms with Gasteiger partial charge in [-0.05, 0) is 36.4 Å². The van der Waals surface area contributed by atoms with Gasteiger partial charge in [-0.2, -0.15) is 5.10 Å². The van der Waals surface area contributed by atoms with Crippen LogP contribution < -0.4 is 5.32 Å². The Bertz CT molecular complexity index is 692. The molecular weight excluding hydrogens is 254 g/mol. The van der Waals surface area contributed by atoms with Crippen LogP contribution in [0.3, 0.4) is 0 Å². The second-order valence-corrected chi connectivity index (χ2v) is 4.08. The van der Waals surface area contributed by atoms with Gasteiger partial charge in [-0.3, -0.25) is 9.78 Å². The lowest BCUT2D eigenvalue weighted by atomic mass is 10.2. The highest BCUT2D eigenvalue weighted by molar-refractivity contribution is 6.04. The molecule has 98 valence electrons. The number of hydrogen-bond acceptors (Lipinski definition) is 4. The largest absolute Gasteiger partial charge is 0.322 e. The molecule has 6 nitrogen and oxygen atoms in total. The van der Waals surface area contributed by atoms with E-state index in [1.807, 2.05) is 12.1 Å². The van der Waals surface area contributed by atoms with Gasteiger partial charge in [0.05, 0.1) is 5.69 Å². The van der Waals surface area contributed by atoms with Gasteiger partial charge in [-0.25, -0.2) is 9.67 Å². The van der Waals surface area contributed by atoms with Gasteiger partial charge < -0.3 is 5.32 Å². The summed E-state index contributed by atoms with van der Waals surface area (Å²) in [7, 11) is 0. The average Bonchev–Trinajstić information content (AvgIpc) is 3.03. The van der Waals surface area contributed by atoms with Gasteiger partial charge in [-0.15, -0.1) is 0 Å². The van der Waals surface area contributed by atoms with Crippen molar-refractivity contribution in [2.45, 2.75) is 0 Å². The molecule has 1 N–H and O–H groups in total. The summed E-state index contributed by atoms with van der Waals surface area (Å²) in [6.07, 6.45) is 6.32. The highest BCUT2D eigenvalue weighted by Gasteiger charge is 2.06. The number of hydrogen-bond donors (Lipinski definition) is 1. The Kier molecular flexibility index (Phi) is 3.20. The molecule has 1 amide bonds. The Hall–Kier alpha value is -3.02. The first-order valence-corrected chi connectivity index (χ1v) is 5.99. The van der Waals surface area contributed by atoms with Crippen LogP contribution in [0.25, 0.3) is 5.69 Å². The third-order valence-electron chi connectivity index (χ3n) is 2.75. The van der Waals surface area contributed by atoms with Gasteiger partial charge in [-0.1, -0.05) is 0 Å². The molecule has 0 spiro atoms. The van der Waals surface area contributed by atoms with Gasteiger partial charge in [0.2, 0.25) is 0 Å².